The largest absolute Gasteiger partial charge is 0.367 e. The number of rotatable bonds is 8. The van der Waals surface area contributed by atoms with Crippen LogP contribution in [0.25, 0.3) is 0 Å². The van der Waals surface area contributed by atoms with Crippen LogP contribution < -0.4 is 5.32 Å². The number of fused-ring (bicyclic) bond motifs is 1. The van der Waals surface area contributed by atoms with Gasteiger partial charge in [0.25, 0.3) is 0 Å². The first kappa shape index (κ1) is 20.6. The highest BCUT2D eigenvalue weighted by molar-refractivity contribution is 5.79. The molecular weight excluding hydrogens is 376 g/mol. The Kier molecular flexibility index (Phi) is 6.48. The zero-order chi connectivity index (χ0) is 20.8. The van der Waals surface area contributed by atoms with Crippen molar-refractivity contribution in [3.63, 3.8) is 0 Å². The number of carbonyl (C=O) groups is 2. The van der Waals surface area contributed by atoms with E-state index in [1.165, 1.54) is 0 Å². The Morgan fingerprint density at radius 1 is 1.03 bits per heavy atom. The van der Waals surface area contributed by atoms with Gasteiger partial charge in [-0.2, -0.15) is 0 Å². The molecule has 5 heteroatoms. The Morgan fingerprint density at radius 3 is 2.47 bits per heavy atom. The molecule has 2 fully saturated rings. The van der Waals surface area contributed by atoms with Crippen LogP contribution in [0.1, 0.15) is 43.2 Å². The number of nitrogens with zero attached hydrogens (tertiary/aromatic N) is 1. The van der Waals surface area contributed by atoms with E-state index in [9.17, 15) is 9.59 Å². The van der Waals surface area contributed by atoms with Crippen molar-refractivity contribution in [3.05, 3.63) is 71.8 Å². The fourth-order valence-corrected chi connectivity index (χ4v) is 5.01. The molecule has 1 heterocycles. The van der Waals surface area contributed by atoms with Crippen molar-refractivity contribution in [1.82, 2.24) is 10.2 Å². The maximum atomic E-state index is 12.7. The SMILES string of the molecule is O=C(COCc1ccccc1)NC[C@@]12CCC[C@H]1N(Cc1ccccc1)C(=O)CC2. The molecule has 30 heavy (non-hydrogen) atoms. The summed E-state index contributed by atoms with van der Waals surface area (Å²) in [5.41, 5.74) is 2.20. The van der Waals surface area contributed by atoms with E-state index in [1.54, 1.807) is 0 Å². The number of likely N-dealkylation sites (tertiary alicyclic amines) is 1. The standard InChI is InChI=1S/C25H30N2O3/c28-23(18-30-17-21-10-5-2-6-11-21)26-19-25-14-7-12-22(25)27(24(29)13-15-25)16-20-8-3-1-4-9-20/h1-6,8-11,22H,7,12-19H2,(H,26,28)/t22-,25+/m1/s1. The Hall–Kier alpha value is -2.66. The molecule has 2 atom stereocenters. The van der Waals surface area contributed by atoms with Crippen LogP contribution in [0.5, 0.6) is 0 Å². The van der Waals surface area contributed by atoms with Gasteiger partial charge in [-0.05, 0) is 30.4 Å². The topological polar surface area (TPSA) is 58.6 Å². The minimum Gasteiger partial charge on any atom is -0.367 e. The fourth-order valence-electron chi connectivity index (χ4n) is 5.01. The Bertz CT molecular complexity index is 855. The van der Waals surface area contributed by atoms with Gasteiger partial charge in [-0.1, -0.05) is 67.1 Å². The van der Waals surface area contributed by atoms with Crippen molar-refractivity contribution >= 4 is 11.8 Å². The van der Waals surface area contributed by atoms with Crippen LogP contribution in [0.15, 0.2) is 60.7 Å². The predicted molar refractivity (Wildman–Crippen MR) is 115 cm³/mol. The molecule has 2 aromatic carbocycles. The van der Waals surface area contributed by atoms with Crippen molar-refractivity contribution in [2.24, 2.45) is 5.41 Å². The summed E-state index contributed by atoms with van der Waals surface area (Å²) in [6.45, 7) is 1.76. The van der Waals surface area contributed by atoms with Crippen molar-refractivity contribution in [1.29, 1.82) is 0 Å². The van der Waals surface area contributed by atoms with Crippen molar-refractivity contribution < 1.29 is 14.3 Å². The first-order valence-corrected chi connectivity index (χ1v) is 10.9. The van der Waals surface area contributed by atoms with Gasteiger partial charge in [0, 0.05) is 31.0 Å². The molecule has 2 aromatic rings. The first-order valence-electron chi connectivity index (χ1n) is 10.9. The van der Waals surface area contributed by atoms with Crippen molar-refractivity contribution in [3.8, 4) is 0 Å². The first-order chi connectivity index (χ1) is 14.7. The third kappa shape index (κ3) is 4.73. The minimum absolute atomic E-state index is 0.0161. The van der Waals surface area contributed by atoms with E-state index in [0.29, 0.717) is 26.1 Å². The highest BCUT2D eigenvalue weighted by atomic mass is 16.5. The van der Waals surface area contributed by atoms with Crippen LogP contribution >= 0.6 is 0 Å². The van der Waals surface area contributed by atoms with Gasteiger partial charge in [0.1, 0.15) is 6.61 Å². The zero-order valence-corrected chi connectivity index (χ0v) is 17.4. The molecule has 1 saturated carbocycles. The number of benzene rings is 2. The van der Waals surface area contributed by atoms with Gasteiger partial charge in [0.2, 0.25) is 11.8 Å². The van der Waals surface area contributed by atoms with E-state index in [4.69, 9.17) is 4.74 Å². The molecule has 2 aliphatic rings. The number of amides is 2. The van der Waals surface area contributed by atoms with Gasteiger partial charge >= 0.3 is 0 Å². The maximum absolute atomic E-state index is 12.7. The molecule has 0 spiro atoms. The molecule has 1 aliphatic carbocycles. The van der Waals surface area contributed by atoms with Crippen molar-refractivity contribution in [2.45, 2.75) is 51.3 Å². The fraction of sp³-hybridized carbons (Fsp3) is 0.440. The smallest absolute Gasteiger partial charge is 0.246 e. The van der Waals surface area contributed by atoms with E-state index in [0.717, 1.165) is 36.8 Å². The number of hydrogen-bond donors (Lipinski definition) is 1. The third-order valence-electron chi connectivity index (χ3n) is 6.57. The monoisotopic (exact) mass is 406 g/mol. The average Bonchev–Trinajstić information content (AvgIpc) is 3.21. The van der Waals surface area contributed by atoms with Gasteiger partial charge in [-0.3, -0.25) is 9.59 Å². The van der Waals surface area contributed by atoms with Gasteiger partial charge in [-0.15, -0.1) is 0 Å². The molecule has 4 rings (SSSR count). The lowest BCUT2D eigenvalue weighted by atomic mass is 9.74. The highest BCUT2D eigenvalue weighted by Crippen LogP contribution is 2.48. The average molecular weight is 407 g/mol. The van der Waals surface area contributed by atoms with Gasteiger partial charge in [-0.25, -0.2) is 0 Å². The number of ether oxygens (including phenoxy) is 1. The normalized spacial score (nSPS) is 23.3. The molecule has 5 nitrogen and oxygen atoms in total. The number of carbonyl (C=O) groups excluding carboxylic acids is 2. The van der Waals surface area contributed by atoms with Crippen LogP contribution in [0, 0.1) is 5.41 Å². The predicted octanol–water partition coefficient (Wildman–Crippen LogP) is 3.68. The lowest BCUT2D eigenvalue weighted by Gasteiger charge is -2.46. The Balaban J connectivity index is 1.33. The summed E-state index contributed by atoms with van der Waals surface area (Å²) in [5, 5.41) is 3.10. The lowest BCUT2D eigenvalue weighted by molar-refractivity contribution is -0.143. The lowest BCUT2D eigenvalue weighted by Crippen LogP contribution is -2.55. The Labute approximate surface area is 178 Å². The van der Waals surface area contributed by atoms with Crippen LogP contribution in [0.2, 0.25) is 0 Å². The second-order valence-electron chi connectivity index (χ2n) is 8.53. The van der Waals surface area contributed by atoms with Crippen molar-refractivity contribution in [2.75, 3.05) is 13.2 Å². The summed E-state index contributed by atoms with van der Waals surface area (Å²) in [6.07, 6.45) is 4.58. The molecular formula is C25H30N2O3. The number of piperidine rings is 1. The molecule has 1 aliphatic heterocycles. The molecule has 0 unspecified atom stereocenters. The van der Waals surface area contributed by atoms with Gasteiger partial charge in [0.05, 0.1) is 6.61 Å². The highest BCUT2D eigenvalue weighted by Gasteiger charge is 2.50. The molecule has 1 saturated heterocycles. The molecule has 0 bridgehead atoms. The minimum atomic E-state index is -0.0857. The van der Waals surface area contributed by atoms with Gasteiger partial charge < -0.3 is 15.0 Å². The maximum Gasteiger partial charge on any atom is 0.246 e. The van der Waals surface area contributed by atoms with E-state index < -0.39 is 0 Å². The summed E-state index contributed by atoms with van der Waals surface area (Å²) < 4.78 is 5.57. The molecule has 0 aromatic heterocycles. The Morgan fingerprint density at radius 2 is 1.73 bits per heavy atom. The van der Waals surface area contributed by atoms with Crippen LogP contribution in [0.4, 0.5) is 0 Å². The quantitative estimate of drug-likeness (QED) is 0.728. The number of nitrogens with one attached hydrogen (secondary N) is 1. The summed E-state index contributed by atoms with van der Waals surface area (Å²) in [5.74, 6) is 0.149. The molecule has 2 amide bonds. The zero-order valence-electron chi connectivity index (χ0n) is 17.4. The molecule has 0 radical (unpaired) electrons. The second-order valence-corrected chi connectivity index (χ2v) is 8.53. The van der Waals surface area contributed by atoms with E-state index in [2.05, 4.69) is 22.3 Å². The van der Waals surface area contributed by atoms with Crippen LogP contribution in [0.3, 0.4) is 0 Å². The summed E-state index contributed by atoms with van der Waals surface area (Å²) in [6, 6.07) is 20.2. The second kappa shape index (κ2) is 9.43. The molecule has 158 valence electrons. The third-order valence-corrected chi connectivity index (χ3v) is 6.57. The van der Waals surface area contributed by atoms with E-state index in [1.807, 2.05) is 48.5 Å². The summed E-state index contributed by atoms with van der Waals surface area (Å²) >= 11 is 0. The summed E-state index contributed by atoms with van der Waals surface area (Å²) in [7, 11) is 0. The summed E-state index contributed by atoms with van der Waals surface area (Å²) in [4.78, 5) is 27.2. The van der Waals surface area contributed by atoms with E-state index in [-0.39, 0.29) is 29.9 Å². The van der Waals surface area contributed by atoms with Gasteiger partial charge in [0.15, 0.2) is 0 Å². The number of hydrogen-bond acceptors (Lipinski definition) is 3. The van der Waals surface area contributed by atoms with Crippen LogP contribution in [-0.4, -0.2) is 35.9 Å². The van der Waals surface area contributed by atoms with Crippen LogP contribution in [-0.2, 0) is 27.5 Å². The molecule has 1 N–H and O–H groups in total. The van der Waals surface area contributed by atoms with E-state index >= 15 is 0 Å².